The van der Waals surface area contributed by atoms with Crippen LogP contribution in [0.2, 0.25) is 0 Å². The number of carbonyl (C=O) groups excluding carboxylic acids is 2. The minimum atomic E-state index is -0.784. The topological polar surface area (TPSA) is 55.4 Å². The number of hydrogen-bond donors (Lipinski definition) is 1. The number of rotatable bonds is 4. The van der Waals surface area contributed by atoms with E-state index in [9.17, 15) is 9.59 Å². The highest BCUT2D eigenvalue weighted by atomic mass is 16.5. The fraction of sp³-hybridized carbons (Fsp3) is 0.375. The van der Waals surface area contributed by atoms with E-state index in [-0.39, 0.29) is 17.8 Å². The lowest BCUT2D eigenvalue weighted by molar-refractivity contribution is -0.157. The second-order valence-electron chi connectivity index (χ2n) is 4.92. The van der Waals surface area contributed by atoms with Crippen LogP contribution in [0.3, 0.4) is 0 Å². The Balaban J connectivity index is 1.84. The molecule has 0 fully saturated rings. The van der Waals surface area contributed by atoms with Crippen LogP contribution < -0.4 is 5.32 Å². The molecule has 20 heavy (non-hydrogen) atoms. The molecule has 0 saturated carbocycles. The molecule has 2 atom stereocenters. The van der Waals surface area contributed by atoms with Crippen molar-refractivity contribution in [1.82, 2.24) is 0 Å². The molecule has 0 radical (unpaired) electrons. The van der Waals surface area contributed by atoms with Crippen molar-refractivity contribution in [2.45, 2.75) is 32.3 Å². The molecule has 4 nitrogen and oxygen atoms in total. The standard InChI is InChI=1S/C16H19NO3/c1-12(15(18)17-14-10-6-3-7-11-14)20-16(19)13-8-4-2-5-9-13/h2-4,6-7,10-13H,5,8-9H2,1H3,(H,17,18)/t12-,13+/m0/s1. The summed E-state index contributed by atoms with van der Waals surface area (Å²) in [6.45, 7) is 1.59. The molecular weight excluding hydrogens is 254 g/mol. The summed E-state index contributed by atoms with van der Waals surface area (Å²) in [4.78, 5) is 23.9. The number of nitrogens with one attached hydrogen (secondary N) is 1. The summed E-state index contributed by atoms with van der Waals surface area (Å²) in [7, 11) is 0. The number of hydrogen-bond acceptors (Lipinski definition) is 3. The molecular formula is C16H19NO3. The third-order valence-electron chi connectivity index (χ3n) is 3.31. The summed E-state index contributed by atoms with van der Waals surface area (Å²) < 4.78 is 5.24. The third-order valence-corrected chi connectivity index (χ3v) is 3.31. The van der Waals surface area contributed by atoms with Crippen molar-refractivity contribution in [3.63, 3.8) is 0 Å². The number of allylic oxidation sites excluding steroid dienone is 2. The number of amides is 1. The summed E-state index contributed by atoms with van der Waals surface area (Å²) in [6, 6.07) is 9.12. The van der Waals surface area contributed by atoms with E-state index in [2.05, 4.69) is 11.4 Å². The molecule has 0 heterocycles. The first-order valence-electron chi connectivity index (χ1n) is 6.88. The largest absolute Gasteiger partial charge is 0.452 e. The monoisotopic (exact) mass is 273 g/mol. The van der Waals surface area contributed by atoms with Crippen LogP contribution in [0.1, 0.15) is 26.2 Å². The minimum Gasteiger partial charge on any atom is -0.452 e. The van der Waals surface area contributed by atoms with Gasteiger partial charge in [-0.3, -0.25) is 9.59 Å². The highest BCUT2D eigenvalue weighted by molar-refractivity contribution is 5.95. The molecule has 0 spiro atoms. The van der Waals surface area contributed by atoms with Crippen molar-refractivity contribution in [2.24, 2.45) is 5.92 Å². The molecule has 4 heteroatoms. The van der Waals surface area contributed by atoms with Gasteiger partial charge in [0.15, 0.2) is 6.10 Å². The third kappa shape index (κ3) is 3.95. The highest BCUT2D eigenvalue weighted by Crippen LogP contribution is 2.20. The van der Waals surface area contributed by atoms with Gasteiger partial charge in [-0.05, 0) is 38.3 Å². The number of anilines is 1. The van der Waals surface area contributed by atoms with Gasteiger partial charge in [0.05, 0.1) is 5.92 Å². The Morgan fingerprint density at radius 1 is 1.25 bits per heavy atom. The van der Waals surface area contributed by atoms with Crippen LogP contribution in [0.5, 0.6) is 0 Å². The van der Waals surface area contributed by atoms with Crippen molar-refractivity contribution >= 4 is 17.6 Å². The van der Waals surface area contributed by atoms with Crippen LogP contribution in [0, 0.1) is 5.92 Å². The average Bonchev–Trinajstić information content (AvgIpc) is 2.49. The van der Waals surface area contributed by atoms with Crippen LogP contribution in [-0.2, 0) is 14.3 Å². The van der Waals surface area contributed by atoms with Gasteiger partial charge in [0.25, 0.3) is 5.91 Å². The summed E-state index contributed by atoms with van der Waals surface area (Å²) in [5, 5.41) is 2.72. The van der Waals surface area contributed by atoms with Crippen molar-refractivity contribution < 1.29 is 14.3 Å². The summed E-state index contributed by atoms with van der Waals surface area (Å²) in [6.07, 6.45) is 5.66. The maximum atomic E-state index is 11.9. The van der Waals surface area contributed by atoms with Crippen LogP contribution in [0.25, 0.3) is 0 Å². The van der Waals surface area contributed by atoms with Gasteiger partial charge < -0.3 is 10.1 Å². The van der Waals surface area contributed by atoms with E-state index in [0.29, 0.717) is 12.1 Å². The normalized spacial score (nSPS) is 19.1. The maximum absolute atomic E-state index is 11.9. The number of esters is 1. The molecule has 0 unspecified atom stereocenters. The van der Waals surface area contributed by atoms with Crippen molar-refractivity contribution in [3.8, 4) is 0 Å². The Morgan fingerprint density at radius 2 is 2.00 bits per heavy atom. The molecule has 0 bridgehead atoms. The van der Waals surface area contributed by atoms with E-state index in [1.165, 1.54) is 0 Å². The Bertz CT molecular complexity index is 496. The second kappa shape index (κ2) is 6.89. The molecule has 1 aromatic carbocycles. The lowest BCUT2D eigenvalue weighted by Crippen LogP contribution is -2.32. The smallest absolute Gasteiger partial charge is 0.310 e. The Labute approximate surface area is 118 Å². The first kappa shape index (κ1) is 14.3. The number of carbonyl (C=O) groups is 2. The number of benzene rings is 1. The highest BCUT2D eigenvalue weighted by Gasteiger charge is 2.24. The Hall–Kier alpha value is -2.10. The van der Waals surface area contributed by atoms with Crippen LogP contribution in [-0.4, -0.2) is 18.0 Å². The Morgan fingerprint density at radius 3 is 2.65 bits per heavy atom. The fourth-order valence-electron chi connectivity index (χ4n) is 2.10. The summed E-state index contributed by atoms with van der Waals surface area (Å²) in [5.41, 5.74) is 0.695. The predicted molar refractivity (Wildman–Crippen MR) is 77.1 cm³/mol. The van der Waals surface area contributed by atoms with Crippen molar-refractivity contribution in [2.75, 3.05) is 5.32 Å². The molecule has 1 N–H and O–H groups in total. The SMILES string of the molecule is C[C@H](OC(=O)[C@@H]1CC=CCC1)C(=O)Nc1ccccc1. The van der Waals surface area contributed by atoms with E-state index in [0.717, 1.165) is 12.8 Å². The van der Waals surface area contributed by atoms with Gasteiger partial charge in [-0.15, -0.1) is 0 Å². The Kier molecular flexibility index (Phi) is 4.93. The van der Waals surface area contributed by atoms with Gasteiger partial charge in [0, 0.05) is 5.69 Å². The van der Waals surface area contributed by atoms with Crippen LogP contribution in [0.4, 0.5) is 5.69 Å². The maximum Gasteiger partial charge on any atom is 0.310 e. The van der Waals surface area contributed by atoms with E-state index in [1.807, 2.05) is 24.3 Å². The minimum absolute atomic E-state index is 0.119. The summed E-state index contributed by atoms with van der Waals surface area (Å²) in [5.74, 6) is -0.715. The van der Waals surface area contributed by atoms with Gasteiger partial charge in [0.1, 0.15) is 0 Å². The lowest BCUT2D eigenvalue weighted by Gasteiger charge is -2.19. The van der Waals surface area contributed by atoms with E-state index < -0.39 is 6.10 Å². The number of para-hydroxylation sites is 1. The molecule has 1 aliphatic carbocycles. The first-order chi connectivity index (χ1) is 9.66. The average molecular weight is 273 g/mol. The zero-order chi connectivity index (χ0) is 14.4. The van der Waals surface area contributed by atoms with Gasteiger partial charge in [-0.1, -0.05) is 30.4 Å². The number of ether oxygens (including phenoxy) is 1. The quantitative estimate of drug-likeness (QED) is 0.678. The van der Waals surface area contributed by atoms with E-state index in [1.54, 1.807) is 19.1 Å². The molecule has 2 rings (SSSR count). The molecule has 106 valence electrons. The van der Waals surface area contributed by atoms with E-state index in [4.69, 9.17) is 4.74 Å². The molecule has 0 saturated heterocycles. The summed E-state index contributed by atoms with van der Waals surface area (Å²) >= 11 is 0. The fourth-order valence-corrected chi connectivity index (χ4v) is 2.10. The van der Waals surface area contributed by atoms with Crippen LogP contribution >= 0.6 is 0 Å². The molecule has 0 aromatic heterocycles. The zero-order valence-electron chi connectivity index (χ0n) is 11.5. The van der Waals surface area contributed by atoms with Gasteiger partial charge >= 0.3 is 5.97 Å². The predicted octanol–water partition coefficient (Wildman–Crippen LogP) is 2.91. The molecule has 1 aliphatic rings. The van der Waals surface area contributed by atoms with Crippen molar-refractivity contribution in [1.29, 1.82) is 0 Å². The first-order valence-corrected chi connectivity index (χ1v) is 6.88. The molecule has 1 amide bonds. The van der Waals surface area contributed by atoms with Gasteiger partial charge in [-0.25, -0.2) is 0 Å². The van der Waals surface area contributed by atoms with Gasteiger partial charge in [-0.2, -0.15) is 0 Å². The lowest BCUT2D eigenvalue weighted by atomic mass is 9.95. The second-order valence-corrected chi connectivity index (χ2v) is 4.92. The van der Waals surface area contributed by atoms with E-state index >= 15 is 0 Å². The zero-order valence-corrected chi connectivity index (χ0v) is 11.5. The molecule has 1 aromatic rings. The van der Waals surface area contributed by atoms with Crippen molar-refractivity contribution in [3.05, 3.63) is 42.5 Å². The molecule has 0 aliphatic heterocycles. The van der Waals surface area contributed by atoms with Crippen LogP contribution in [0.15, 0.2) is 42.5 Å². The van der Waals surface area contributed by atoms with Gasteiger partial charge in [0.2, 0.25) is 0 Å².